The van der Waals surface area contributed by atoms with Crippen molar-refractivity contribution < 1.29 is 4.73 Å². The van der Waals surface area contributed by atoms with Crippen LogP contribution in [0.25, 0.3) is 22.2 Å². The lowest BCUT2D eigenvalue weighted by Gasteiger charge is -2.14. The van der Waals surface area contributed by atoms with Crippen LogP contribution in [-0.4, -0.2) is 14.8 Å². The van der Waals surface area contributed by atoms with E-state index in [1.807, 2.05) is 61.7 Å². The van der Waals surface area contributed by atoms with Gasteiger partial charge in [0.05, 0.1) is 23.0 Å². The molecular weight excluding hydrogens is 324 g/mol. The molecule has 5 rings (SSSR count). The normalized spacial score (nSPS) is 16.1. The third-order valence-corrected chi connectivity index (χ3v) is 5.22. The van der Waals surface area contributed by atoms with E-state index in [0.29, 0.717) is 5.52 Å². The van der Waals surface area contributed by atoms with E-state index in [1.165, 1.54) is 11.3 Å². The fourth-order valence-electron chi connectivity index (χ4n) is 4.05. The summed E-state index contributed by atoms with van der Waals surface area (Å²) < 4.78 is 3.02. The van der Waals surface area contributed by atoms with Gasteiger partial charge in [-0.1, -0.05) is 18.2 Å². The lowest BCUT2D eigenvalue weighted by molar-refractivity contribution is -0.577. The highest BCUT2D eigenvalue weighted by molar-refractivity contribution is 5.81. The number of hydrogen-bond donors (Lipinski definition) is 0. The van der Waals surface area contributed by atoms with Gasteiger partial charge < -0.3 is 5.21 Å². The van der Waals surface area contributed by atoms with Crippen molar-refractivity contribution in [2.75, 3.05) is 0 Å². The minimum Gasteiger partial charge on any atom is -0.618 e. The Hall–Kier alpha value is -3.21. The van der Waals surface area contributed by atoms with Crippen LogP contribution in [0, 0.1) is 12.1 Å². The zero-order chi connectivity index (χ0) is 17.7. The number of para-hydroxylation sites is 1. The molecule has 0 amide bonds. The molecule has 0 saturated carbocycles. The number of nitrogens with zero attached hydrogens (tertiary/aromatic N) is 4. The molecule has 1 unspecified atom stereocenters. The van der Waals surface area contributed by atoms with Crippen molar-refractivity contribution in [1.29, 1.82) is 0 Å². The summed E-state index contributed by atoms with van der Waals surface area (Å²) in [6, 6.07) is 15.8. The minimum absolute atomic E-state index is 0.209. The molecule has 0 radical (unpaired) electrons. The average molecular weight is 342 g/mol. The third-order valence-electron chi connectivity index (χ3n) is 5.22. The van der Waals surface area contributed by atoms with Crippen LogP contribution >= 0.6 is 0 Å². The highest BCUT2D eigenvalue weighted by atomic mass is 16.5. The number of hydrogen-bond acceptors (Lipinski definition) is 3. The zero-order valence-corrected chi connectivity index (χ0v) is 14.5. The highest BCUT2D eigenvalue weighted by Gasteiger charge is 2.31. The lowest BCUT2D eigenvalue weighted by atomic mass is 9.89. The van der Waals surface area contributed by atoms with Crippen molar-refractivity contribution in [3.8, 4) is 11.3 Å². The van der Waals surface area contributed by atoms with Gasteiger partial charge in [-0.25, -0.2) is 0 Å². The molecule has 1 aromatic carbocycles. The Labute approximate surface area is 151 Å². The van der Waals surface area contributed by atoms with Crippen LogP contribution in [0.5, 0.6) is 0 Å². The molecule has 5 heteroatoms. The Morgan fingerprint density at radius 2 is 2.00 bits per heavy atom. The predicted octanol–water partition coefficient (Wildman–Crippen LogP) is 3.58. The maximum absolute atomic E-state index is 12.2. The summed E-state index contributed by atoms with van der Waals surface area (Å²) in [5.41, 5.74) is 6.11. The Kier molecular flexibility index (Phi) is 3.28. The molecule has 4 heterocycles. The van der Waals surface area contributed by atoms with Crippen LogP contribution in [-0.2, 0) is 6.54 Å². The van der Waals surface area contributed by atoms with Gasteiger partial charge in [0, 0.05) is 35.9 Å². The largest absolute Gasteiger partial charge is 0.618 e. The first-order valence-corrected chi connectivity index (χ1v) is 8.83. The van der Waals surface area contributed by atoms with E-state index >= 15 is 0 Å². The second-order valence-electron chi connectivity index (χ2n) is 6.79. The summed E-state index contributed by atoms with van der Waals surface area (Å²) >= 11 is 0. The summed E-state index contributed by atoms with van der Waals surface area (Å²) in [5.74, 6) is 0.209. The second kappa shape index (κ2) is 5.66. The number of benzene rings is 1. The van der Waals surface area contributed by atoms with Crippen molar-refractivity contribution in [2.24, 2.45) is 0 Å². The van der Waals surface area contributed by atoms with Crippen molar-refractivity contribution in [3.63, 3.8) is 0 Å². The molecule has 1 aliphatic heterocycles. The first-order valence-electron chi connectivity index (χ1n) is 8.83. The van der Waals surface area contributed by atoms with Gasteiger partial charge in [-0.3, -0.25) is 9.67 Å². The molecule has 5 nitrogen and oxygen atoms in total. The number of fused-ring (bicyclic) bond motifs is 2. The molecule has 1 atom stereocenters. The number of pyridine rings is 2. The van der Waals surface area contributed by atoms with Gasteiger partial charge in [-0.05, 0) is 37.1 Å². The molecule has 0 fully saturated rings. The Morgan fingerprint density at radius 1 is 1.12 bits per heavy atom. The monoisotopic (exact) mass is 342 g/mol. The molecule has 0 bridgehead atoms. The SMILES string of the molecule is Cc1cccc(-c2cnn3c2C(c2cc[n+]([O-])c4ccccc24)CC3)n1. The first-order chi connectivity index (χ1) is 12.7. The molecule has 128 valence electrons. The van der Waals surface area contributed by atoms with Gasteiger partial charge in [0.2, 0.25) is 5.52 Å². The van der Waals surface area contributed by atoms with Gasteiger partial charge in [-0.15, -0.1) is 0 Å². The summed E-state index contributed by atoms with van der Waals surface area (Å²) in [7, 11) is 0. The van der Waals surface area contributed by atoms with Gasteiger partial charge in [0.25, 0.3) is 0 Å². The Bertz CT molecular complexity index is 1130. The van der Waals surface area contributed by atoms with Gasteiger partial charge in [0.1, 0.15) is 0 Å². The molecule has 0 spiro atoms. The summed E-state index contributed by atoms with van der Waals surface area (Å²) in [4.78, 5) is 4.69. The topological polar surface area (TPSA) is 57.6 Å². The van der Waals surface area contributed by atoms with Crippen LogP contribution in [0.2, 0.25) is 0 Å². The quantitative estimate of drug-likeness (QED) is 0.413. The molecular formula is C21H18N4O. The Morgan fingerprint density at radius 3 is 2.88 bits per heavy atom. The van der Waals surface area contributed by atoms with E-state index < -0.39 is 0 Å². The van der Waals surface area contributed by atoms with Crippen molar-refractivity contribution in [3.05, 3.63) is 83.1 Å². The van der Waals surface area contributed by atoms with Gasteiger partial charge in [-0.2, -0.15) is 9.83 Å². The van der Waals surface area contributed by atoms with E-state index in [9.17, 15) is 5.21 Å². The number of aryl methyl sites for hydroxylation is 2. The average Bonchev–Trinajstić information content (AvgIpc) is 3.25. The third kappa shape index (κ3) is 2.20. The van der Waals surface area contributed by atoms with Crippen LogP contribution < -0.4 is 4.73 Å². The number of rotatable bonds is 2. The number of aromatic nitrogens is 4. The predicted molar refractivity (Wildman–Crippen MR) is 99.6 cm³/mol. The second-order valence-corrected chi connectivity index (χ2v) is 6.79. The molecule has 0 N–H and O–H groups in total. The van der Waals surface area contributed by atoms with Crippen molar-refractivity contribution in [2.45, 2.75) is 25.8 Å². The van der Waals surface area contributed by atoms with Crippen molar-refractivity contribution in [1.82, 2.24) is 14.8 Å². The smallest absolute Gasteiger partial charge is 0.224 e. The summed E-state index contributed by atoms with van der Waals surface area (Å²) in [6.45, 7) is 2.88. The standard InChI is InChI=1S/C21H18N4O/c1-14-5-4-7-19(23-14)18-13-22-24-11-9-17(21(18)24)15-10-12-25(26)20-8-3-2-6-16(15)20/h2-8,10,12-13,17H,9,11H2,1H3. The van der Waals surface area contributed by atoms with Crippen LogP contribution in [0.3, 0.4) is 0 Å². The maximum atomic E-state index is 12.2. The molecule has 0 aliphatic carbocycles. The van der Waals surface area contributed by atoms with E-state index in [1.54, 1.807) is 6.20 Å². The highest BCUT2D eigenvalue weighted by Crippen LogP contribution is 2.41. The van der Waals surface area contributed by atoms with Crippen LogP contribution in [0.15, 0.2) is 60.9 Å². The van der Waals surface area contributed by atoms with E-state index in [0.717, 1.165) is 40.0 Å². The Balaban J connectivity index is 1.70. The molecule has 3 aromatic heterocycles. The molecule has 26 heavy (non-hydrogen) atoms. The molecule has 4 aromatic rings. The van der Waals surface area contributed by atoms with E-state index in [4.69, 9.17) is 4.98 Å². The van der Waals surface area contributed by atoms with Crippen LogP contribution in [0.1, 0.15) is 29.3 Å². The van der Waals surface area contributed by atoms with E-state index in [2.05, 4.69) is 9.78 Å². The lowest BCUT2D eigenvalue weighted by Crippen LogP contribution is -2.26. The van der Waals surface area contributed by atoms with Gasteiger partial charge >= 0.3 is 0 Å². The van der Waals surface area contributed by atoms with E-state index in [-0.39, 0.29) is 5.92 Å². The van der Waals surface area contributed by atoms with Crippen molar-refractivity contribution >= 4 is 10.9 Å². The van der Waals surface area contributed by atoms with Crippen LogP contribution in [0.4, 0.5) is 0 Å². The maximum Gasteiger partial charge on any atom is 0.224 e. The molecule has 0 saturated heterocycles. The fourth-order valence-corrected chi connectivity index (χ4v) is 4.05. The summed E-state index contributed by atoms with van der Waals surface area (Å²) in [5, 5.41) is 17.7. The minimum atomic E-state index is 0.209. The summed E-state index contributed by atoms with van der Waals surface area (Å²) in [6.07, 6.45) is 4.51. The first kappa shape index (κ1) is 15.1. The zero-order valence-electron chi connectivity index (χ0n) is 14.5. The molecule has 1 aliphatic rings. The van der Waals surface area contributed by atoms with Gasteiger partial charge in [0.15, 0.2) is 6.20 Å². The fraction of sp³-hybridized carbons (Fsp3) is 0.190.